The van der Waals surface area contributed by atoms with Crippen molar-refractivity contribution < 1.29 is 8.42 Å². The average Bonchev–Trinajstić information content (AvgIpc) is 2.90. The lowest BCUT2D eigenvalue weighted by Gasteiger charge is -2.18. The van der Waals surface area contributed by atoms with Crippen LogP contribution < -0.4 is 0 Å². The fourth-order valence-electron chi connectivity index (χ4n) is 2.39. The van der Waals surface area contributed by atoms with Crippen molar-refractivity contribution in [2.75, 3.05) is 13.1 Å². The molecule has 1 aromatic carbocycles. The lowest BCUT2D eigenvalue weighted by molar-refractivity contribution is 0.453. The quantitative estimate of drug-likeness (QED) is 0.760. The van der Waals surface area contributed by atoms with Crippen LogP contribution in [0, 0.1) is 5.92 Å². The largest absolute Gasteiger partial charge is 0.244 e. The summed E-state index contributed by atoms with van der Waals surface area (Å²) in [5, 5.41) is 0.499. The van der Waals surface area contributed by atoms with Gasteiger partial charge in [0.1, 0.15) is 4.90 Å². The van der Waals surface area contributed by atoms with E-state index in [1.807, 2.05) is 0 Å². The van der Waals surface area contributed by atoms with Gasteiger partial charge in [-0.25, -0.2) is 8.42 Å². The van der Waals surface area contributed by atoms with E-state index in [1.165, 1.54) is 10.4 Å². The second-order valence-corrected chi connectivity index (χ2v) is 7.92. The zero-order chi connectivity index (χ0) is 14.9. The Bertz CT molecular complexity index is 604. The number of hydrogen-bond acceptors (Lipinski definition) is 2. The molecule has 112 valence electrons. The van der Waals surface area contributed by atoms with Gasteiger partial charge in [0.25, 0.3) is 0 Å². The highest BCUT2D eigenvalue weighted by molar-refractivity contribution is 7.89. The first-order valence-corrected chi connectivity index (χ1v) is 9.17. The molecular weight excluding hydrogens is 341 g/mol. The van der Waals surface area contributed by atoms with E-state index in [0.717, 1.165) is 12.8 Å². The SMILES string of the molecule is CCC1CCN(S(=O)(=O)c2cc(Cl)cc(CCl)c2Cl)C1. The Morgan fingerprint density at radius 1 is 1.35 bits per heavy atom. The topological polar surface area (TPSA) is 37.4 Å². The fourth-order valence-corrected chi connectivity index (χ4v) is 5.11. The van der Waals surface area contributed by atoms with Crippen LogP contribution in [0.25, 0.3) is 0 Å². The smallest absolute Gasteiger partial charge is 0.207 e. The van der Waals surface area contributed by atoms with Gasteiger partial charge in [-0.3, -0.25) is 0 Å². The Morgan fingerprint density at radius 3 is 2.60 bits per heavy atom. The number of nitrogens with zero attached hydrogens (tertiary/aromatic N) is 1. The van der Waals surface area contributed by atoms with Crippen LogP contribution in [0.3, 0.4) is 0 Å². The molecule has 1 aliphatic heterocycles. The van der Waals surface area contributed by atoms with Gasteiger partial charge in [-0.2, -0.15) is 4.31 Å². The first-order chi connectivity index (χ1) is 9.40. The van der Waals surface area contributed by atoms with Crippen molar-refractivity contribution in [1.29, 1.82) is 0 Å². The molecule has 1 fully saturated rings. The highest BCUT2D eigenvalue weighted by Crippen LogP contribution is 2.34. The Balaban J connectivity index is 2.42. The van der Waals surface area contributed by atoms with Crippen molar-refractivity contribution in [2.24, 2.45) is 5.92 Å². The molecule has 1 saturated heterocycles. The molecule has 0 spiro atoms. The summed E-state index contributed by atoms with van der Waals surface area (Å²) in [5.74, 6) is 0.537. The number of alkyl halides is 1. The Kier molecular flexibility index (Phi) is 5.24. The van der Waals surface area contributed by atoms with Crippen molar-refractivity contribution in [3.05, 3.63) is 27.7 Å². The van der Waals surface area contributed by atoms with Crippen LogP contribution in [0.1, 0.15) is 25.3 Å². The zero-order valence-electron chi connectivity index (χ0n) is 11.1. The molecule has 0 saturated carbocycles. The second kappa shape index (κ2) is 6.41. The Hall–Kier alpha value is -0.000000000000000111. The predicted molar refractivity (Wildman–Crippen MR) is 83.2 cm³/mol. The summed E-state index contributed by atoms with van der Waals surface area (Å²) >= 11 is 17.9. The molecule has 0 aliphatic carbocycles. The molecule has 1 aromatic rings. The maximum absolute atomic E-state index is 12.7. The minimum Gasteiger partial charge on any atom is -0.207 e. The molecule has 1 heterocycles. The second-order valence-electron chi connectivity index (χ2n) is 4.94. The van der Waals surface area contributed by atoms with Gasteiger partial charge in [0.05, 0.1) is 5.02 Å². The van der Waals surface area contributed by atoms with Gasteiger partial charge in [-0.05, 0) is 30.0 Å². The maximum atomic E-state index is 12.7. The number of benzene rings is 1. The van der Waals surface area contributed by atoms with E-state index in [4.69, 9.17) is 34.8 Å². The normalized spacial score (nSPS) is 20.5. The number of sulfonamides is 1. The molecule has 1 aliphatic rings. The minimum atomic E-state index is -3.61. The van der Waals surface area contributed by atoms with Gasteiger partial charge >= 0.3 is 0 Å². The van der Waals surface area contributed by atoms with Crippen LogP contribution in [-0.2, 0) is 15.9 Å². The molecule has 1 unspecified atom stereocenters. The summed E-state index contributed by atoms with van der Waals surface area (Å²) in [4.78, 5) is 0.0547. The van der Waals surface area contributed by atoms with E-state index in [0.29, 0.717) is 29.6 Å². The first kappa shape index (κ1) is 16.4. The summed E-state index contributed by atoms with van der Waals surface area (Å²) < 4.78 is 26.8. The van der Waals surface area contributed by atoms with Gasteiger partial charge in [0.2, 0.25) is 10.0 Å². The third-order valence-corrected chi connectivity index (χ3v) is 6.62. The molecule has 0 bridgehead atoms. The van der Waals surface area contributed by atoms with Crippen molar-refractivity contribution >= 4 is 44.8 Å². The van der Waals surface area contributed by atoms with Crippen molar-refractivity contribution in [3.63, 3.8) is 0 Å². The van der Waals surface area contributed by atoms with E-state index < -0.39 is 10.0 Å². The third-order valence-electron chi connectivity index (χ3n) is 3.67. The molecule has 20 heavy (non-hydrogen) atoms. The Labute approximate surface area is 134 Å². The van der Waals surface area contributed by atoms with Gasteiger partial charge < -0.3 is 0 Å². The molecule has 1 atom stereocenters. The van der Waals surface area contributed by atoms with E-state index in [2.05, 4.69) is 6.92 Å². The summed E-state index contributed by atoms with van der Waals surface area (Å²) in [6, 6.07) is 2.99. The van der Waals surface area contributed by atoms with Gasteiger partial charge in [0, 0.05) is 24.0 Å². The van der Waals surface area contributed by atoms with Crippen molar-refractivity contribution in [3.8, 4) is 0 Å². The molecule has 3 nitrogen and oxygen atoms in total. The minimum absolute atomic E-state index is 0.0547. The van der Waals surface area contributed by atoms with Crippen LogP contribution in [0.2, 0.25) is 10.0 Å². The third kappa shape index (κ3) is 3.09. The van der Waals surface area contributed by atoms with Crippen LogP contribution in [-0.4, -0.2) is 25.8 Å². The monoisotopic (exact) mass is 355 g/mol. The fraction of sp³-hybridized carbons (Fsp3) is 0.538. The average molecular weight is 357 g/mol. The molecular formula is C13H16Cl3NO2S. The van der Waals surface area contributed by atoms with Crippen LogP contribution in [0.15, 0.2) is 17.0 Å². The van der Waals surface area contributed by atoms with Gasteiger partial charge in [-0.15, -0.1) is 11.6 Å². The van der Waals surface area contributed by atoms with E-state index in [1.54, 1.807) is 6.07 Å². The maximum Gasteiger partial charge on any atom is 0.244 e. The van der Waals surface area contributed by atoms with Gasteiger partial charge in [-0.1, -0.05) is 36.5 Å². The van der Waals surface area contributed by atoms with Crippen molar-refractivity contribution in [1.82, 2.24) is 4.31 Å². The molecule has 0 amide bonds. The lowest BCUT2D eigenvalue weighted by atomic mass is 10.1. The van der Waals surface area contributed by atoms with Crippen LogP contribution >= 0.6 is 34.8 Å². The first-order valence-electron chi connectivity index (χ1n) is 6.44. The lowest BCUT2D eigenvalue weighted by Crippen LogP contribution is -2.29. The molecule has 0 N–H and O–H groups in total. The summed E-state index contributed by atoms with van der Waals surface area (Å²) in [6.45, 7) is 3.14. The van der Waals surface area contributed by atoms with E-state index in [9.17, 15) is 8.42 Å². The van der Waals surface area contributed by atoms with Crippen LogP contribution in [0.5, 0.6) is 0 Å². The molecule has 2 rings (SSSR count). The van der Waals surface area contributed by atoms with Crippen LogP contribution in [0.4, 0.5) is 0 Å². The standard InChI is InChI=1S/C13H16Cl3NO2S/c1-2-9-3-4-17(8-9)20(18,19)12-6-11(15)5-10(7-14)13(12)16/h5-6,9H,2-4,7-8H2,1H3. The van der Waals surface area contributed by atoms with Gasteiger partial charge in [0.15, 0.2) is 0 Å². The highest BCUT2D eigenvalue weighted by atomic mass is 35.5. The zero-order valence-corrected chi connectivity index (χ0v) is 14.2. The van der Waals surface area contributed by atoms with E-state index in [-0.39, 0.29) is 15.8 Å². The Morgan fingerprint density at radius 2 is 2.05 bits per heavy atom. The molecule has 0 radical (unpaired) electrons. The summed E-state index contributed by atoms with van der Waals surface area (Å²) in [6.07, 6.45) is 1.86. The molecule has 7 heteroatoms. The predicted octanol–water partition coefficient (Wildman–Crippen LogP) is 4.15. The number of rotatable bonds is 4. The summed E-state index contributed by atoms with van der Waals surface area (Å²) in [5.41, 5.74) is 0.533. The highest BCUT2D eigenvalue weighted by Gasteiger charge is 2.33. The molecule has 0 aromatic heterocycles. The number of halogens is 3. The van der Waals surface area contributed by atoms with Crippen molar-refractivity contribution in [2.45, 2.75) is 30.5 Å². The summed E-state index contributed by atoms with van der Waals surface area (Å²) in [7, 11) is -3.61. The van der Waals surface area contributed by atoms with E-state index >= 15 is 0 Å². The number of hydrogen-bond donors (Lipinski definition) is 0.